The van der Waals surface area contributed by atoms with Gasteiger partial charge in [-0.2, -0.15) is 0 Å². The predicted molar refractivity (Wildman–Crippen MR) is 98.5 cm³/mol. The molecule has 0 saturated carbocycles. The van der Waals surface area contributed by atoms with Crippen LogP contribution in [-0.4, -0.2) is 42.9 Å². The summed E-state index contributed by atoms with van der Waals surface area (Å²) in [7, 11) is 0. The number of fused-ring (bicyclic) bond motifs is 3. The number of nitrogens with zero attached hydrogens (tertiary/aromatic N) is 5. The smallest absolute Gasteiger partial charge is 0.184 e. The summed E-state index contributed by atoms with van der Waals surface area (Å²) in [5.74, 6) is 1.23. The highest BCUT2D eigenvalue weighted by Crippen LogP contribution is 2.32. The van der Waals surface area contributed by atoms with Crippen molar-refractivity contribution in [3.8, 4) is 17.1 Å². The maximum absolute atomic E-state index is 8.90. The molecule has 1 N–H and O–H groups in total. The number of hydrogen-bond acceptors (Lipinski definition) is 6. The van der Waals surface area contributed by atoms with E-state index in [9.17, 15) is 0 Å². The van der Waals surface area contributed by atoms with Gasteiger partial charge >= 0.3 is 0 Å². The van der Waals surface area contributed by atoms with Gasteiger partial charge in [0, 0.05) is 24.8 Å². The number of aliphatic hydroxyl groups is 1. The molecule has 0 atom stereocenters. The molecule has 0 aliphatic rings. The monoisotopic (exact) mass is 369 g/mol. The van der Waals surface area contributed by atoms with Crippen LogP contribution in [0.25, 0.3) is 28.2 Å². The molecule has 0 bridgehead atoms. The molecule has 0 radical (unpaired) electrons. The Morgan fingerprint density at radius 3 is 2.92 bits per heavy atom. The van der Waals surface area contributed by atoms with Gasteiger partial charge in [0.1, 0.15) is 11.3 Å². The van der Waals surface area contributed by atoms with Crippen LogP contribution in [0.5, 0.6) is 5.75 Å². The molecule has 0 saturated heterocycles. The molecular formula is C18H16ClN5O2. The fourth-order valence-electron chi connectivity index (χ4n) is 2.79. The Balaban J connectivity index is 1.91. The Labute approximate surface area is 154 Å². The van der Waals surface area contributed by atoms with Crippen LogP contribution in [0.4, 0.5) is 0 Å². The summed E-state index contributed by atoms with van der Waals surface area (Å²) in [5, 5.41) is 18.0. The van der Waals surface area contributed by atoms with E-state index in [0.717, 1.165) is 11.2 Å². The van der Waals surface area contributed by atoms with Gasteiger partial charge in [-0.25, -0.2) is 9.97 Å². The van der Waals surface area contributed by atoms with Crippen molar-refractivity contribution in [2.24, 2.45) is 0 Å². The predicted octanol–water partition coefficient (Wildman–Crippen LogP) is 3.06. The van der Waals surface area contributed by atoms with Gasteiger partial charge in [-0.05, 0) is 37.3 Å². The number of aliphatic hydroxyl groups excluding tert-OH is 1. The molecule has 4 aromatic rings. The Morgan fingerprint density at radius 2 is 2.08 bits per heavy atom. The third-order valence-corrected chi connectivity index (χ3v) is 4.33. The van der Waals surface area contributed by atoms with Crippen LogP contribution in [0.1, 0.15) is 12.1 Å². The number of halogens is 1. The minimum atomic E-state index is 0.0825. The third-order valence-electron chi connectivity index (χ3n) is 4.00. The lowest BCUT2D eigenvalue weighted by Crippen LogP contribution is -2.01. The summed E-state index contributed by atoms with van der Waals surface area (Å²) in [5.41, 5.74) is 3.50. The van der Waals surface area contributed by atoms with E-state index in [4.69, 9.17) is 21.4 Å². The molecule has 8 heteroatoms. The minimum absolute atomic E-state index is 0.0825. The number of pyridine rings is 1. The Bertz CT molecular complexity index is 1100. The topological polar surface area (TPSA) is 85.4 Å². The number of aromatic nitrogens is 5. The molecule has 0 aliphatic heterocycles. The molecule has 4 rings (SSSR count). The standard InChI is InChI=1S/C18H16ClN5O2/c1-11-16-22-23-17(24(16)18-15(21-11)4-2-7-20-18)13-10-12(5-6-14(13)19)26-9-3-8-25/h2,4-7,10,25H,3,8-9H2,1H3. The van der Waals surface area contributed by atoms with Gasteiger partial charge in [0.25, 0.3) is 0 Å². The molecule has 1 aromatic carbocycles. The van der Waals surface area contributed by atoms with Crippen molar-refractivity contribution < 1.29 is 9.84 Å². The van der Waals surface area contributed by atoms with E-state index < -0.39 is 0 Å². The van der Waals surface area contributed by atoms with E-state index in [0.29, 0.717) is 46.5 Å². The highest BCUT2D eigenvalue weighted by atomic mass is 35.5. The van der Waals surface area contributed by atoms with Crippen LogP contribution >= 0.6 is 11.6 Å². The summed E-state index contributed by atoms with van der Waals surface area (Å²) in [6.45, 7) is 2.39. The lowest BCUT2D eigenvalue weighted by molar-refractivity contribution is 0.233. The number of benzene rings is 1. The van der Waals surface area contributed by atoms with E-state index in [1.165, 1.54) is 0 Å². The zero-order valence-electron chi connectivity index (χ0n) is 14.1. The van der Waals surface area contributed by atoms with E-state index in [1.807, 2.05) is 29.5 Å². The number of hydrogen-bond donors (Lipinski definition) is 1. The van der Waals surface area contributed by atoms with Crippen LogP contribution in [0.2, 0.25) is 5.02 Å². The number of aryl methyl sites for hydroxylation is 1. The first-order chi connectivity index (χ1) is 12.7. The van der Waals surface area contributed by atoms with Crippen molar-refractivity contribution in [1.29, 1.82) is 0 Å². The van der Waals surface area contributed by atoms with Crippen LogP contribution in [0.3, 0.4) is 0 Å². The SMILES string of the molecule is Cc1nc2cccnc2n2c(-c3cc(OCCCO)ccc3Cl)nnc12. The maximum atomic E-state index is 8.90. The molecule has 0 spiro atoms. The first kappa shape index (κ1) is 16.7. The first-order valence-corrected chi connectivity index (χ1v) is 8.57. The zero-order chi connectivity index (χ0) is 18.1. The molecule has 0 unspecified atom stereocenters. The van der Waals surface area contributed by atoms with Crippen LogP contribution < -0.4 is 4.74 Å². The summed E-state index contributed by atoms with van der Waals surface area (Å²) in [4.78, 5) is 8.97. The average Bonchev–Trinajstić information content (AvgIpc) is 3.09. The summed E-state index contributed by atoms with van der Waals surface area (Å²) < 4.78 is 7.52. The van der Waals surface area contributed by atoms with Gasteiger partial charge < -0.3 is 9.84 Å². The van der Waals surface area contributed by atoms with Gasteiger partial charge in [0.2, 0.25) is 0 Å². The summed E-state index contributed by atoms with van der Waals surface area (Å²) in [6.07, 6.45) is 2.27. The molecule has 132 valence electrons. The highest BCUT2D eigenvalue weighted by molar-refractivity contribution is 6.33. The minimum Gasteiger partial charge on any atom is -0.493 e. The van der Waals surface area contributed by atoms with Crippen molar-refractivity contribution in [1.82, 2.24) is 24.6 Å². The maximum Gasteiger partial charge on any atom is 0.184 e. The molecule has 0 fully saturated rings. The average molecular weight is 370 g/mol. The third kappa shape index (κ3) is 2.85. The Kier molecular flexibility index (Phi) is 4.40. The van der Waals surface area contributed by atoms with Gasteiger partial charge in [-0.1, -0.05) is 11.6 Å². The van der Waals surface area contributed by atoms with Gasteiger partial charge in [-0.15, -0.1) is 10.2 Å². The highest BCUT2D eigenvalue weighted by Gasteiger charge is 2.17. The fourth-order valence-corrected chi connectivity index (χ4v) is 2.99. The van der Waals surface area contributed by atoms with Crippen molar-refractivity contribution in [2.45, 2.75) is 13.3 Å². The normalized spacial score (nSPS) is 11.3. The van der Waals surface area contributed by atoms with Crippen LogP contribution in [0.15, 0.2) is 36.5 Å². The van der Waals surface area contributed by atoms with E-state index >= 15 is 0 Å². The molecule has 0 amide bonds. The molecule has 3 heterocycles. The van der Waals surface area contributed by atoms with Crippen LogP contribution in [-0.2, 0) is 0 Å². The quantitative estimate of drug-likeness (QED) is 0.544. The number of ether oxygens (including phenoxy) is 1. The molecule has 7 nitrogen and oxygen atoms in total. The van der Waals surface area contributed by atoms with Crippen molar-refractivity contribution in [2.75, 3.05) is 13.2 Å². The number of rotatable bonds is 5. The summed E-state index contributed by atoms with van der Waals surface area (Å²) in [6, 6.07) is 9.11. The molecule has 0 aliphatic carbocycles. The van der Waals surface area contributed by atoms with Crippen molar-refractivity contribution in [3.05, 3.63) is 47.2 Å². The molecule has 3 aromatic heterocycles. The van der Waals surface area contributed by atoms with E-state index in [-0.39, 0.29) is 6.61 Å². The van der Waals surface area contributed by atoms with E-state index in [2.05, 4.69) is 20.2 Å². The fraction of sp³-hybridized carbons (Fsp3) is 0.222. The first-order valence-electron chi connectivity index (χ1n) is 8.19. The largest absolute Gasteiger partial charge is 0.493 e. The van der Waals surface area contributed by atoms with Gasteiger partial charge in [-0.3, -0.25) is 4.40 Å². The second-order valence-corrected chi connectivity index (χ2v) is 6.20. The van der Waals surface area contributed by atoms with Gasteiger partial charge in [0.05, 0.1) is 17.3 Å². The molecular weight excluding hydrogens is 354 g/mol. The van der Waals surface area contributed by atoms with Crippen molar-refractivity contribution >= 4 is 28.4 Å². The molecule has 26 heavy (non-hydrogen) atoms. The van der Waals surface area contributed by atoms with Gasteiger partial charge in [0.15, 0.2) is 17.1 Å². The Morgan fingerprint density at radius 1 is 1.19 bits per heavy atom. The lowest BCUT2D eigenvalue weighted by Gasteiger charge is -2.09. The lowest BCUT2D eigenvalue weighted by atomic mass is 10.2. The Hall–Kier alpha value is -2.77. The van der Waals surface area contributed by atoms with Crippen LogP contribution in [0, 0.1) is 6.92 Å². The van der Waals surface area contributed by atoms with Crippen molar-refractivity contribution in [3.63, 3.8) is 0 Å². The summed E-state index contributed by atoms with van der Waals surface area (Å²) >= 11 is 6.43. The zero-order valence-corrected chi connectivity index (χ0v) is 14.8. The second-order valence-electron chi connectivity index (χ2n) is 5.79. The second kappa shape index (κ2) is 6.86. The van der Waals surface area contributed by atoms with E-state index in [1.54, 1.807) is 18.3 Å².